The fraction of sp³-hybridized carbons (Fsp3) is 0.733. The largest absolute Gasteiger partial charge is 0.306 e. The first-order chi connectivity index (χ1) is 9.13. The Morgan fingerprint density at radius 3 is 2.89 bits per heavy atom. The van der Waals surface area contributed by atoms with Gasteiger partial charge in [0.05, 0.1) is 3.79 Å². The first-order valence-corrected chi connectivity index (χ1v) is 9.01. The molecule has 0 amide bonds. The van der Waals surface area contributed by atoms with Crippen molar-refractivity contribution >= 4 is 27.3 Å². The van der Waals surface area contributed by atoms with Crippen molar-refractivity contribution in [1.29, 1.82) is 0 Å². The third-order valence-corrected chi connectivity index (χ3v) is 5.71. The molecule has 1 N–H and O–H groups in total. The summed E-state index contributed by atoms with van der Waals surface area (Å²) >= 11 is 5.54. The predicted molar refractivity (Wildman–Crippen MR) is 88.1 cm³/mol. The van der Waals surface area contributed by atoms with Gasteiger partial charge in [-0.15, -0.1) is 11.3 Å². The maximum absolute atomic E-state index is 3.83. The summed E-state index contributed by atoms with van der Waals surface area (Å²) in [5.41, 5.74) is 1.54. The van der Waals surface area contributed by atoms with Gasteiger partial charge in [0, 0.05) is 23.5 Å². The van der Waals surface area contributed by atoms with Crippen molar-refractivity contribution in [1.82, 2.24) is 10.2 Å². The summed E-state index contributed by atoms with van der Waals surface area (Å²) in [5, 5.41) is 3.83. The molecule has 1 aromatic rings. The summed E-state index contributed by atoms with van der Waals surface area (Å²) in [6.07, 6.45) is 3.85. The zero-order valence-corrected chi connectivity index (χ0v) is 14.6. The first kappa shape index (κ1) is 15.5. The lowest BCUT2D eigenvalue weighted by Crippen LogP contribution is -2.41. The van der Waals surface area contributed by atoms with Crippen molar-refractivity contribution in [2.75, 3.05) is 19.6 Å². The molecular formula is C15H25BrN2S. The van der Waals surface area contributed by atoms with Crippen LogP contribution in [0.5, 0.6) is 0 Å². The highest BCUT2D eigenvalue weighted by molar-refractivity contribution is 9.11. The van der Waals surface area contributed by atoms with Crippen LogP contribution in [0.15, 0.2) is 9.85 Å². The van der Waals surface area contributed by atoms with Gasteiger partial charge < -0.3 is 10.2 Å². The van der Waals surface area contributed by atoms with Gasteiger partial charge in [-0.25, -0.2) is 0 Å². The summed E-state index contributed by atoms with van der Waals surface area (Å²) in [5.74, 6) is 0. The van der Waals surface area contributed by atoms with E-state index in [1.165, 1.54) is 28.6 Å². The Balaban J connectivity index is 1.96. The van der Waals surface area contributed by atoms with Crippen LogP contribution in [0.1, 0.15) is 50.1 Å². The number of nitrogens with one attached hydrogen (secondary N) is 1. The van der Waals surface area contributed by atoms with E-state index in [-0.39, 0.29) is 0 Å². The minimum Gasteiger partial charge on any atom is -0.306 e. The number of nitrogens with zero attached hydrogens (tertiary/aromatic N) is 1. The summed E-state index contributed by atoms with van der Waals surface area (Å²) in [6.45, 7) is 10.2. The summed E-state index contributed by atoms with van der Waals surface area (Å²) in [6, 6.07) is 3.42. The molecule has 4 heteroatoms. The Morgan fingerprint density at radius 2 is 2.21 bits per heavy atom. The van der Waals surface area contributed by atoms with Gasteiger partial charge in [-0.2, -0.15) is 0 Å². The molecule has 0 radical (unpaired) electrons. The quantitative estimate of drug-likeness (QED) is 0.831. The van der Waals surface area contributed by atoms with Gasteiger partial charge in [0.2, 0.25) is 0 Å². The molecule has 2 unspecified atom stereocenters. The van der Waals surface area contributed by atoms with Crippen LogP contribution < -0.4 is 5.32 Å². The van der Waals surface area contributed by atoms with E-state index < -0.39 is 0 Å². The SMILES string of the molecule is CCN(CC)CC(C)NC1CCCc2sc(Br)cc21. The molecule has 1 aliphatic rings. The van der Waals surface area contributed by atoms with Crippen LogP contribution in [0.3, 0.4) is 0 Å². The van der Waals surface area contributed by atoms with E-state index >= 15 is 0 Å². The lowest BCUT2D eigenvalue weighted by atomic mass is 9.93. The van der Waals surface area contributed by atoms with E-state index in [1.54, 1.807) is 4.88 Å². The summed E-state index contributed by atoms with van der Waals surface area (Å²) < 4.78 is 1.28. The van der Waals surface area contributed by atoms with Crippen molar-refractivity contribution in [3.05, 3.63) is 20.3 Å². The minimum absolute atomic E-state index is 0.550. The second-order valence-electron chi connectivity index (χ2n) is 5.43. The fourth-order valence-electron chi connectivity index (χ4n) is 2.96. The number of likely N-dealkylation sites (N-methyl/N-ethyl adjacent to an activating group) is 1. The van der Waals surface area contributed by atoms with Crippen LogP contribution in [0, 0.1) is 0 Å². The zero-order chi connectivity index (χ0) is 13.8. The van der Waals surface area contributed by atoms with Crippen molar-refractivity contribution < 1.29 is 0 Å². The van der Waals surface area contributed by atoms with Crippen LogP contribution in [-0.4, -0.2) is 30.6 Å². The van der Waals surface area contributed by atoms with Crippen LogP contribution in [-0.2, 0) is 6.42 Å². The van der Waals surface area contributed by atoms with E-state index in [1.807, 2.05) is 11.3 Å². The molecule has 0 saturated carbocycles. The molecule has 0 saturated heterocycles. The van der Waals surface area contributed by atoms with Crippen LogP contribution >= 0.6 is 27.3 Å². The first-order valence-electron chi connectivity index (χ1n) is 7.40. The maximum Gasteiger partial charge on any atom is 0.0704 e. The molecular weight excluding hydrogens is 320 g/mol. The fourth-order valence-corrected chi connectivity index (χ4v) is 4.78. The van der Waals surface area contributed by atoms with Crippen LogP contribution in [0.4, 0.5) is 0 Å². The second kappa shape index (κ2) is 7.21. The standard InChI is InChI=1S/C15H25BrN2S/c1-4-18(5-2)10-11(3)17-13-7-6-8-14-12(13)9-15(16)19-14/h9,11,13,17H,4-8,10H2,1-3H3. The Labute approximate surface area is 129 Å². The lowest BCUT2D eigenvalue weighted by molar-refractivity contribution is 0.257. The van der Waals surface area contributed by atoms with E-state index in [0.29, 0.717) is 12.1 Å². The highest BCUT2D eigenvalue weighted by atomic mass is 79.9. The van der Waals surface area contributed by atoms with Gasteiger partial charge >= 0.3 is 0 Å². The van der Waals surface area contributed by atoms with Crippen molar-refractivity contribution in [3.8, 4) is 0 Å². The average molecular weight is 345 g/mol. The van der Waals surface area contributed by atoms with E-state index in [4.69, 9.17) is 0 Å². The third kappa shape index (κ3) is 4.03. The third-order valence-electron chi connectivity index (χ3n) is 4.00. The Hall–Kier alpha value is 0.100. The number of halogens is 1. The van der Waals surface area contributed by atoms with Gasteiger partial charge in [-0.05, 0) is 66.8 Å². The predicted octanol–water partition coefficient (Wildman–Crippen LogP) is 4.21. The van der Waals surface area contributed by atoms with Crippen LogP contribution in [0.2, 0.25) is 0 Å². The zero-order valence-electron chi connectivity index (χ0n) is 12.2. The van der Waals surface area contributed by atoms with Gasteiger partial charge in [-0.1, -0.05) is 13.8 Å². The molecule has 0 aromatic carbocycles. The number of rotatable bonds is 6. The molecule has 2 atom stereocenters. The molecule has 19 heavy (non-hydrogen) atoms. The van der Waals surface area contributed by atoms with Gasteiger partial charge in [0.15, 0.2) is 0 Å². The van der Waals surface area contributed by atoms with Crippen molar-refractivity contribution in [3.63, 3.8) is 0 Å². The maximum atomic E-state index is 3.83. The van der Waals surface area contributed by atoms with Crippen molar-refractivity contribution in [2.45, 2.75) is 52.1 Å². The molecule has 2 rings (SSSR count). The van der Waals surface area contributed by atoms with Gasteiger partial charge in [-0.3, -0.25) is 0 Å². The number of hydrogen-bond donors (Lipinski definition) is 1. The molecule has 2 nitrogen and oxygen atoms in total. The monoisotopic (exact) mass is 344 g/mol. The molecule has 0 aliphatic heterocycles. The summed E-state index contributed by atoms with van der Waals surface area (Å²) in [7, 11) is 0. The normalized spacial score (nSPS) is 20.6. The highest BCUT2D eigenvalue weighted by Crippen LogP contribution is 2.38. The topological polar surface area (TPSA) is 15.3 Å². The smallest absolute Gasteiger partial charge is 0.0704 e. The summed E-state index contributed by atoms with van der Waals surface area (Å²) in [4.78, 5) is 4.07. The average Bonchev–Trinajstić information content (AvgIpc) is 2.77. The molecule has 1 heterocycles. The molecule has 108 valence electrons. The van der Waals surface area contributed by atoms with E-state index in [0.717, 1.165) is 19.6 Å². The molecule has 0 bridgehead atoms. The van der Waals surface area contributed by atoms with Gasteiger partial charge in [0.1, 0.15) is 0 Å². The number of thiophene rings is 1. The molecule has 0 spiro atoms. The number of aryl methyl sites for hydroxylation is 1. The molecule has 1 aromatic heterocycles. The highest BCUT2D eigenvalue weighted by Gasteiger charge is 2.23. The minimum atomic E-state index is 0.550. The lowest BCUT2D eigenvalue weighted by Gasteiger charge is -2.30. The van der Waals surface area contributed by atoms with E-state index in [9.17, 15) is 0 Å². The molecule has 1 aliphatic carbocycles. The van der Waals surface area contributed by atoms with Crippen molar-refractivity contribution in [2.24, 2.45) is 0 Å². The number of hydrogen-bond acceptors (Lipinski definition) is 3. The van der Waals surface area contributed by atoms with E-state index in [2.05, 4.69) is 53.0 Å². The van der Waals surface area contributed by atoms with Gasteiger partial charge in [0.25, 0.3) is 0 Å². The number of fused-ring (bicyclic) bond motifs is 1. The molecule has 0 fully saturated rings. The Kier molecular flexibility index (Phi) is 5.87. The second-order valence-corrected chi connectivity index (χ2v) is 7.94. The Bertz CT molecular complexity index is 401. The van der Waals surface area contributed by atoms with Crippen LogP contribution in [0.25, 0.3) is 0 Å². The Morgan fingerprint density at radius 1 is 1.47 bits per heavy atom.